The van der Waals surface area contributed by atoms with Gasteiger partial charge >= 0.3 is 0 Å². The molecule has 1 aromatic heterocycles. The van der Waals surface area contributed by atoms with Gasteiger partial charge in [-0.1, -0.05) is 38.1 Å². The van der Waals surface area contributed by atoms with Crippen LogP contribution in [-0.4, -0.2) is 28.0 Å². The van der Waals surface area contributed by atoms with Crippen LogP contribution in [0.1, 0.15) is 13.8 Å². The number of anilines is 1. The van der Waals surface area contributed by atoms with Crippen LogP contribution in [0.5, 0.6) is 0 Å². The average Bonchev–Trinajstić information content (AvgIpc) is 2.35. The van der Waals surface area contributed by atoms with Crippen LogP contribution in [0.2, 0.25) is 0 Å². The second-order valence-corrected chi connectivity index (χ2v) is 4.46. The second kappa shape index (κ2) is 5.10. The zero-order chi connectivity index (χ0) is 12.3. The molecular weight excluding hydrogens is 214 g/mol. The quantitative estimate of drug-likeness (QED) is 0.845. The van der Waals surface area contributed by atoms with Gasteiger partial charge in [0.05, 0.1) is 18.8 Å². The van der Waals surface area contributed by atoms with Crippen molar-refractivity contribution in [3.8, 4) is 0 Å². The fourth-order valence-electron chi connectivity index (χ4n) is 1.73. The molecule has 4 nitrogen and oxygen atoms in total. The predicted molar refractivity (Wildman–Crippen MR) is 68.9 cm³/mol. The summed E-state index contributed by atoms with van der Waals surface area (Å²) in [5, 5.41) is 22.7. The van der Waals surface area contributed by atoms with Crippen molar-refractivity contribution in [3.05, 3.63) is 30.5 Å². The first kappa shape index (κ1) is 11.8. The van der Waals surface area contributed by atoms with Gasteiger partial charge in [-0.25, -0.2) is 0 Å². The number of aliphatic hydroxyl groups is 1. The van der Waals surface area contributed by atoms with E-state index in [9.17, 15) is 5.11 Å². The minimum Gasteiger partial charge on any atom is -0.394 e. The summed E-state index contributed by atoms with van der Waals surface area (Å²) in [6, 6.07) is 7.94. The molecule has 0 amide bonds. The summed E-state index contributed by atoms with van der Waals surface area (Å²) in [7, 11) is 0. The first-order valence-corrected chi connectivity index (χ1v) is 5.80. The van der Waals surface area contributed by atoms with Gasteiger partial charge in [0.1, 0.15) is 0 Å². The topological polar surface area (TPSA) is 58.0 Å². The molecule has 1 heterocycles. The Morgan fingerprint density at radius 2 is 2.06 bits per heavy atom. The van der Waals surface area contributed by atoms with Crippen molar-refractivity contribution in [3.63, 3.8) is 0 Å². The number of hydrogen-bond donors (Lipinski definition) is 2. The summed E-state index contributed by atoms with van der Waals surface area (Å²) in [5.74, 6) is 1.07. The number of rotatable bonds is 4. The van der Waals surface area contributed by atoms with Crippen molar-refractivity contribution in [1.29, 1.82) is 0 Å². The van der Waals surface area contributed by atoms with Crippen LogP contribution in [0, 0.1) is 5.92 Å². The Bertz CT molecular complexity index is 493. The second-order valence-electron chi connectivity index (χ2n) is 4.46. The molecule has 1 aromatic carbocycles. The van der Waals surface area contributed by atoms with E-state index in [0.29, 0.717) is 5.92 Å². The summed E-state index contributed by atoms with van der Waals surface area (Å²) in [6.45, 7) is 4.21. The summed E-state index contributed by atoms with van der Waals surface area (Å²) in [5.41, 5.74) is 0. The van der Waals surface area contributed by atoms with Crippen molar-refractivity contribution in [2.75, 3.05) is 11.9 Å². The molecule has 0 aliphatic heterocycles. The van der Waals surface area contributed by atoms with Crippen LogP contribution in [0.15, 0.2) is 30.5 Å². The molecule has 2 aromatic rings. The fraction of sp³-hybridized carbons (Fsp3) is 0.385. The normalized spacial score (nSPS) is 12.9. The van der Waals surface area contributed by atoms with Crippen LogP contribution in [0.3, 0.4) is 0 Å². The first-order chi connectivity index (χ1) is 8.22. The molecule has 0 spiro atoms. The molecule has 90 valence electrons. The van der Waals surface area contributed by atoms with Gasteiger partial charge in [0.15, 0.2) is 5.82 Å². The van der Waals surface area contributed by atoms with Crippen molar-refractivity contribution >= 4 is 16.6 Å². The third kappa shape index (κ3) is 2.53. The van der Waals surface area contributed by atoms with E-state index in [2.05, 4.69) is 29.4 Å². The summed E-state index contributed by atoms with van der Waals surface area (Å²) in [6.07, 6.45) is 1.74. The molecule has 0 saturated carbocycles. The van der Waals surface area contributed by atoms with E-state index in [-0.39, 0.29) is 12.6 Å². The fourth-order valence-corrected chi connectivity index (χ4v) is 1.73. The summed E-state index contributed by atoms with van der Waals surface area (Å²) in [4.78, 5) is 0. The van der Waals surface area contributed by atoms with E-state index in [1.807, 2.05) is 24.3 Å². The largest absolute Gasteiger partial charge is 0.394 e. The van der Waals surface area contributed by atoms with Crippen molar-refractivity contribution in [1.82, 2.24) is 10.2 Å². The number of hydrogen-bond acceptors (Lipinski definition) is 4. The zero-order valence-corrected chi connectivity index (χ0v) is 10.1. The molecule has 0 aliphatic rings. The minimum absolute atomic E-state index is 0.00453. The van der Waals surface area contributed by atoms with E-state index in [1.165, 1.54) is 0 Å². The van der Waals surface area contributed by atoms with Crippen molar-refractivity contribution in [2.24, 2.45) is 5.92 Å². The van der Waals surface area contributed by atoms with Gasteiger partial charge in [-0.05, 0) is 5.92 Å². The molecule has 0 bridgehead atoms. The van der Waals surface area contributed by atoms with Gasteiger partial charge in [-0.15, -0.1) is 5.10 Å². The lowest BCUT2D eigenvalue weighted by molar-refractivity contribution is 0.249. The van der Waals surface area contributed by atoms with Gasteiger partial charge in [0, 0.05) is 10.8 Å². The Kier molecular flexibility index (Phi) is 3.54. The SMILES string of the molecule is CC(C)C(CO)Nc1nncc2ccccc12. The smallest absolute Gasteiger partial charge is 0.156 e. The molecule has 2 rings (SSSR count). The Balaban J connectivity index is 2.35. The Hall–Kier alpha value is -1.68. The predicted octanol–water partition coefficient (Wildman–Crippen LogP) is 2.06. The molecule has 4 heteroatoms. The van der Waals surface area contributed by atoms with Gasteiger partial charge in [-0.2, -0.15) is 5.10 Å². The van der Waals surface area contributed by atoms with E-state index < -0.39 is 0 Å². The van der Waals surface area contributed by atoms with Crippen LogP contribution >= 0.6 is 0 Å². The molecular formula is C13H17N3O. The van der Waals surface area contributed by atoms with E-state index in [4.69, 9.17) is 0 Å². The third-order valence-electron chi connectivity index (χ3n) is 2.89. The average molecular weight is 231 g/mol. The zero-order valence-electron chi connectivity index (χ0n) is 10.1. The highest BCUT2D eigenvalue weighted by Crippen LogP contribution is 2.21. The van der Waals surface area contributed by atoms with E-state index >= 15 is 0 Å². The first-order valence-electron chi connectivity index (χ1n) is 5.80. The highest BCUT2D eigenvalue weighted by Gasteiger charge is 2.13. The number of benzene rings is 1. The molecule has 2 N–H and O–H groups in total. The Labute approximate surface area is 101 Å². The molecule has 0 aliphatic carbocycles. The molecule has 0 fully saturated rings. The number of nitrogens with one attached hydrogen (secondary N) is 1. The van der Waals surface area contributed by atoms with Crippen molar-refractivity contribution < 1.29 is 5.11 Å². The van der Waals surface area contributed by atoms with Gasteiger partial charge in [-0.3, -0.25) is 0 Å². The lowest BCUT2D eigenvalue weighted by atomic mass is 10.1. The Morgan fingerprint density at radius 1 is 1.29 bits per heavy atom. The molecule has 1 unspecified atom stereocenters. The maximum Gasteiger partial charge on any atom is 0.156 e. The Morgan fingerprint density at radius 3 is 2.76 bits per heavy atom. The molecule has 0 radical (unpaired) electrons. The lowest BCUT2D eigenvalue weighted by Crippen LogP contribution is -2.30. The third-order valence-corrected chi connectivity index (χ3v) is 2.89. The maximum absolute atomic E-state index is 9.32. The summed E-state index contributed by atoms with van der Waals surface area (Å²) < 4.78 is 0. The lowest BCUT2D eigenvalue weighted by Gasteiger charge is -2.20. The summed E-state index contributed by atoms with van der Waals surface area (Å²) >= 11 is 0. The maximum atomic E-state index is 9.32. The van der Waals surface area contributed by atoms with Gasteiger partial charge in [0.25, 0.3) is 0 Å². The molecule has 17 heavy (non-hydrogen) atoms. The number of aromatic nitrogens is 2. The van der Waals surface area contributed by atoms with E-state index in [0.717, 1.165) is 16.6 Å². The standard InChI is InChI=1S/C13H17N3O/c1-9(2)12(8-17)15-13-11-6-4-3-5-10(11)7-14-16-13/h3-7,9,12,17H,8H2,1-2H3,(H,15,16). The van der Waals surface area contributed by atoms with Crippen LogP contribution in [-0.2, 0) is 0 Å². The minimum atomic E-state index is -0.00453. The van der Waals surface area contributed by atoms with Crippen LogP contribution < -0.4 is 5.32 Å². The number of nitrogens with zero attached hydrogens (tertiary/aromatic N) is 2. The van der Waals surface area contributed by atoms with Crippen LogP contribution in [0.4, 0.5) is 5.82 Å². The molecule has 1 atom stereocenters. The highest BCUT2D eigenvalue weighted by molar-refractivity contribution is 5.90. The molecule has 0 saturated heterocycles. The van der Waals surface area contributed by atoms with E-state index in [1.54, 1.807) is 6.20 Å². The van der Waals surface area contributed by atoms with Gasteiger partial charge in [0.2, 0.25) is 0 Å². The van der Waals surface area contributed by atoms with Gasteiger partial charge < -0.3 is 10.4 Å². The number of aliphatic hydroxyl groups excluding tert-OH is 1. The highest BCUT2D eigenvalue weighted by atomic mass is 16.3. The van der Waals surface area contributed by atoms with Crippen molar-refractivity contribution in [2.45, 2.75) is 19.9 Å². The number of fused-ring (bicyclic) bond motifs is 1. The van der Waals surface area contributed by atoms with Crippen LogP contribution in [0.25, 0.3) is 10.8 Å². The monoisotopic (exact) mass is 231 g/mol.